The fourth-order valence-electron chi connectivity index (χ4n) is 1.92. The Bertz CT molecular complexity index is 685. The first-order valence-electron chi connectivity index (χ1n) is 5.71. The molecule has 6 heteroatoms. The fourth-order valence-corrected chi connectivity index (χ4v) is 2.71. The highest BCUT2D eigenvalue weighted by molar-refractivity contribution is 7.09. The number of nitrogens with two attached hydrogens (primary N) is 1. The van der Waals surface area contributed by atoms with Crippen molar-refractivity contribution in [3.63, 3.8) is 0 Å². The van der Waals surface area contributed by atoms with Gasteiger partial charge < -0.3 is 10.3 Å². The fraction of sp³-hybridized carbons (Fsp3) is 0.250. The summed E-state index contributed by atoms with van der Waals surface area (Å²) in [6, 6.07) is 1.91. The van der Waals surface area contributed by atoms with Gasteiger partial charge in [-0.15, -0.1) is 11.3 Å². The third kappa shape index (κ3) is 1.79. The molecule has 18 heavy (non-hydrogen) atoms. The Morgan fingerprint density at radius 1 is 1.39 bits per heavy atom. The van der Waals surface area contributed by atoms with Crippen LogP contribution in [0.25, 0.3) is 22.6 Å². The van der Waals surface area contributed by atoms with Crippen LogP contribution in [0, 0.1) is 0 Å². The number of rotatable bonds is 3. The molecule has 3 heterocycles. The minimum atomic E-state index is 0.624. The highest BCUT2D eigenvalue weighted by Gasteiger charge is 2.12. The molecule has 0 radical (unpaired) electrons. The summed E-state index contributed by atoms with van der Waals surface area (Å²) in [4.78, 5) is 13.3. The highest BCUT2D eigenvalue weighted by atomic mass is 32.1. The number of aromatic nitrogens is 4. The van der Waals surface area contributed by atoms with Crippen LogP contribution >= 0.6 is 11.3 Å². The van der Waals surface area contributed by atoms with Crippen molar-refractivity contribution in [3.8, 4) is 11.5 Å². The van der Waals surface area contributed by atoms with E-state index in [2.05, 4.69) is 15.0 Å². The third-order valence-corrected chi connectivity index (χ3v) is 3.73. The van der Waals surface area contributed by atoms with Crippen LogP contribution in [-0.2, 0) is 13.5 Å². The largest absolute Gasteiger partial charge is 0.330 e. The second-order valence-corrected chi connectivity index (χ2v) is 4.97. The van der Waals surface area contributed by atoms with Gasteiger partial charge in [0.2, 0.25) is 0 Å². The maximum atomic E-state index is 5.54. The first-order valence-corrected chi connectivity index (χ1v) is 6.59. The van der Waals surface area contributed by atoms with Crippen LogP contribution in [0.15, 0.2) is 23.8 Å². The lowest BCUT2D eigenvalue weighted by Crippen LogP contribution is -2.02. The van der Waals surface area contributed by atoms with E-state index < -0.39 is 0 Å². The van der Waals surface area contributed by atoms with Crippen molar-refractivity contribution in [2.24, 2.45) is 12.8 Å². The van der Waals surface area contributed by atoms with Crippen LogP contribution in [0.3, 0.4) is 0 Å². The maximum absolute atomic E-state index is 5.54. The van der Waals surface area contributed by atoms with Crippen LogP contribution < -0.4 is 5.73 Å². The summed E-state index contributed by atoms with van der Waals surface area (Å²) < 4.78 is 2.02. The number of aryl methyl sites for hydroxylation is 1. The average molecular weight is 259 g/mol. The van der Waals surface area contributed by atoms with Crippen molar-refractivity contribution in [2.75, 3.05) is 6.54 Å². The summed E-state index contributed by atoms with van der Waals surface area (Å²) in [5, 5.41) is 3.08. The molecule has 3 rings (SSSR count). The molecular formula is C12H13N5S. The van der Waals surface area contributed by atoms with E-state index in [1.807, 2.05) is 29.3 Å². The maximum Gasteiger partial charge on any atom is 0.160 e. The zero-order valence-electron chi connectivity index (χ0n) is 10.00. The van der Waals surface area contributed by atoms with Gasteiger partial charge in [-0.1, -0.05) is 0 Å². The summed E-state index contributed by atoms with van der Waals surface area (Å²) in [7, 11) is 1.98. The standard InChI is InChI=1S/C12H13N5S/c1-17-10-6-14-5-3-8(10)16-12(17)9-7-18-11(15-9)2-4-13/h3,5-7H,2,4,13H2,1H3. The Balaban J connectivity index is 2.10. The lowest BCUT2D eigenvalue weighted by Gasteiger charge is -1.97. The number of hydrogen-bond acceptors (Lipinski definition) is 5. The quantitative estimate of drug-likeness (QED) is 0.775. The molecule has 0 bridgehead atoms. The van der Waals surface area contributed by atoms with Gasteiger partial charge in [-0.2, -0.15) is 0 Å². The van der Waals surface area contributed by atoms with Crippen LogP contribution in [-0.4, -0.2) is 26.1 Å². The summed E-state index contributed by atoms with van der Waals surface area (Å²) in [5.74, 6) is 0.873. The molecule has 0 aliphatic rings. The smallest absolute Gasteiger partial charge is 0.160 e. The molecule has 0 saturated carbocycles. The molecular weight excluding hydrogens is 246 g/mol. The molecule has 0 aliphatic heterocycles. The van der Waals surface area contributed by atoms with E-state index in [0.717, 1.165) is 34.0 Å². The zero-order valence-corrected chi connectivity index (χ0v) is 10.8. The second-order valence-electron chi connectivity index (χ2n) is 4.02. The van der Waals surface area contributed by atoms with Crippen molar-refractivity contribution in [2.45, 2.75) is 6.42 Å². The number of fused-ring (bicyclic) bond motifs is 1. The van der Waals surface area contributed by atoms with Gasteiger partial charge in [-0.3, -0.25) is 4.98 Å². The first kappa shape index (κ1) is 11.3. The summed E-state index contributed by atoms with van der Waals surface area (Å²) in [5.41, 5.74) is 8.40. The van der Waals surface area contributed by atoms with E-state index in [-0.39, 0.29) is 0 Å². The summed E-state index contributed by atoms with van der Waals surface area (Å²) >= 11 is 1.63. The molecule has 0 fully saturated rings. The molecule has 3 aromatic rings. The Morgan fingerprint density at radius 3 is 3.06 bits per heavy atom. The number of pyridine rings is 1. The molecule has 0 unspecified atom stereocenters. The SMILES string of the molecule is Cn1c(-c2csc(CCN)n2)nc2ccncc21. The number of nitrogens with zero attached hydrogens (tertiary/aromatic N) is 4. The van der Waals surface area contributed by atoms with E-state index in [0.29, 0.717) is 6.54 Å². The van der Waals surface area contributed by atoms with Gasteiger partial charge in [0.05, 0.1) is 22.2 Å². The molecule has 92 valence electrons. The Hall–Kier alpha value is -1.79. The van der Waals surface area contributed by atoms with Gasteiger partial charge in [0.25, 0.3) is 0 Å². The lowest BCUT2D eigenvalue weighted by atomic mass is 10.4. The summed E-state index contributed by atoms with van der Waals surface area (Å²) in [6.45, 7) is 0.624. The minimum Gasteiger partial charge on any atom is -0.330 e. The van der Waals surface area contributed by atoms with Crippen LogP contribution in [0.1, 0.15) is 5.01 Å². The monoisotopic (exact) mass is 259 g/mol. The molecule has 5 nitrogen and oxygen atoms in total. The first-order chi connectivity index (χ1) is 8.79. The molecule has 0 saturated heterocycles. The highest BCUT2D eigenvalue weighted by Crippen LogP contribution is 2.24. The van der Waals surface area contributed by atoms with Gasteiger partial charge in [0, 0.05) is 25.0 Å². The molecule has 0 atom stereocenters. The van der Waals surface area contributed by atoms with Crippen molar-refractivity contribution >= 4 is 22.4 Å². The Morgan fingerprint density at radius 2 is 2.28 bits per heavy atom. The van der Waals surface area contributed by atoms with E-state index >= 15 is 0 Å². The molecule has 0 aromatic carbocycles. The van der Waals surface area contributed by atoms with Crippen molar-refractivity contribution in [1.82, 2.24) is 19.5 Å². The number of hydrogen-bond donors (Lipinski definition) is 1. The Kier molecular flexibility index (Phi) is 2.81. The normalized spacial score (nSPS) is 11.2. The van der Waals surface area contributed by atoms with Crippen LogP contribution in [0.4, 0.5) is 0 Å². The summed E-state index contributed by atoms with van der Waals surface area (Å²) in [6.07, 6.45) is 4.38. The van der Waals surface area contributed by atoms with Gasteiger partial charge >= 0.3 is 0 Å². The van der Waals surface area contributed by atoms with Gasteiger partial charge in [0.15, 0.2) is 5.82 Å². The molecule has 0 aliphatic carbocycles. The molecule has 0 spiro atoms. The van der Waals surface area contributed by atoms with Gasteiger partial charge in [-0.05, 0) is 12.6 Å². The van der Waals surface area contributed by atoms with E-state index in [4.69, 9.17) is 5.73 Å². The van der Waals surface area contributed by atoms with Crippen LogP contribution in [0.2, 0.25) is 0 Å². The predicted octanol–water partition coefficient (Wildman–Crippen LogP) is 1.59. The predicted molar refractivity (Wildman–Crippen MR) is 72.4 cm³/mol. The average Bonchev–Trinajstić information content (AvgIpc) is 2.96. The van der Waals surface area contributed by atoms with E-state index in [1.165, 1.54) is 0 Å². The number of imidazole rings is 1. The lowest BCUT2D eigenvalue weighted by molar-refractivity contribution is 0.931. The minimum absolute atomic E-state index is 0.624. The topological polar surface area (TPSA) is 69.6 Å². The number of thiazole rings is 1. The van der Waals surface area contributed by atoms with Crippen molar-refractivity contribution in [1.29, 1.82) is 0 Å². The van der Waals surface area contributed by atoms with Crippen molar-refractivity contribution < 1.29 is 0 Å². The molecule has 3 aromatic heterocycles. The van der Waals surface area contributed by atoms with Gasteiger partial charge in [-0.25, -0.2) is 9.97 Å². The second kappa shape index (κ2) is 4.47. The van der Waals surface area contributed by atoms with Crippen molar-refractivity contribution in [3.05, 3.63) is 28.8 Å². The molecule has 2 N–H and O–H groups in total. The van der Waals surface area contributed by atoms with Gasteiger partial charge in [0.1, 0.15) is 5.69 Å². The zero-order chi connectivity index (χ0) is 12.5. The Labute approximate surface area is 108 Å². The van der Waals surface area contributed by atoms with E-state index in [9.17, 15) is 0 Å². The van der Waals surface area contributed by atoms with Crippen LogP contribution in [0.5, 0.6) is 0 Å². The third-order valence-electron chi connectivity index (χ3n) is 2.82. The van der Waals surface area contributed by atoms with E-state index in [1.54, 1.807) is 17.5 Å². The molecule has 0 amide bonds.